The molecule has 0 aromatic heterocycles. The molecule has 107 heavy (non-hydrogen) atoms. The Labute approximate surface area is 663 Å². The van der Waals surface area contributed by atoms with E-state index in [9.17, 15) is 38.6 Å². The number of unbranched alkanes of at least 4 members (excludes halogenated alkanes) is 22. The number of ether oxygens (including phenoxy) is 10. The van der Waals surface area contributed by atoms with Crippen molar-refractivity contribution >= 4 is 119 Å². The number of halogens is 6. The van der Waals surface area contributed by atoms with Gasteiger partial charge in [-0.2, -0.15) is 0 Å². The van der Waals surface area contributed by atoms with Crippen LogP contribution >= 0.6 is 77.2 Å². The van der Waals surface area contributed by atoms with Gasteiger partial charge in [-0.25, -0.2) is 14.4 Å². The van der Waals surface area contributed by atoms with Gasteiger partial charge in [0.05, 0.1) is 19.4 Å². The predicted molar refractivity (Wildman–Crippen MR) is 414 cm³/mol. The number of alkyl halides is 6. The van der Waals surface area contributed by atoms with E-state index in [0.717, 1.165) is 135 Å². The number of amides is 2. The van der Waals surface area contributed by atoms with Crippen molar-refractivity contribution in [3.8, 4) is 5.75 Å². The maximum atomic E-state index is 15.6. The topological polar surface area (TPSA) is 293 Å². The van der Waals surface area contributed by atoms with Gasteiger partial charge in [-0.1, -0.05) is 317 Å². The van der Waals surface area contributed by atoms with Gasteiger partial charge >= 0.3 is 43.7 Å². The standard InChI is InChI=1S/C78H115Cl6N2O20P/c1-7-11-15-19-21-23-25-27-36-48-61(101-66(88)50-40-17-13-9-3)52-65(87)85-63(71(91)97-54-58-42-32-29-33-43-58)55-100-77(107(94,95)96)69(86-72(92)99-57-75(79,80)81)70(103-68(90)53-62(102-67(89)51-41-18-14-10-4)49-37-28-26-24-22-20-16-12-8-2)76(59-44-34-30-35-45-59,104-60-46-38-31-39-47-60)64(105-77)56-98-73(93)106-74(5,6)78(82,83)84/h29-35,38-39,42-47,61-64,69-70H,7-28,36-37,40-41,48-57H2,1-6H3,(H,85,87)(H,86,92)(H2,94,95,96)/t61-,62-,63+,64-,69-,70-,76-,77+/m1/s1. The summed E-state index contributed by atoms with van der Waals surface area (Å²) in [6.45, 7) is 6.90. The molecule has 4 N–H and O–H groups in total. The molecular weight excluding hydrogens is 1530 g/mol. The van der Waals surface area contributed by atoms with Crippen molar-refractivity contribution < 1.29 is 95.3 Å². The molecule has 2 amide bonds. The molecule has 22 nitrogen and oxygen atoms in total. The van der Waals surface area contributed by atoms with Crippen LogP contribution in [0.15, 0.2) is 91.0 Å². The van der Waals surface area contributed by atoms with E-state index in [1.165, 1.54) is 50.2 Å². The van der Waals surface area contributed by atoms with E-state index in [1.807, 2.05) is 13.8 Å². The SMILES string of the molecule is CCCCCCCCCCC[C@H](CC(=O)N[C@@H](CO[C@]1(P(=O)(O)O)O[C@H](COC(=O)OC(C)(C)C(Cl)(Cl)Cl)[C@](Oc2ccccc2)(c2ccccc2)[C@H](OC(=O)C[C@@H](CCCCCCCCCCC)OC(=O)CCCCCC)[C@H]1NC(=O)OCC(Cl)(Cl)Cl)C(=O)OCc1ccccc1)OC(=O)CCCCCC. The molecule has 0 unspecified atom stereocenters. The Balaban J connectivity index is 2.06. The Kier molecular flexibility index (Phi) is 44.4. The lowest BCUT2D eigenvalue weighted by molar-refractivity contribution is -0.330. The molecule has 4 rings (SSSR count). The Morgan fingerprint density at radius 2 is 1.03 bits per heavy atom. The third-order valence-corrected chi connectivity index (χ3v) is 21.3. The number of esters is 4. The average Bonchev–Trinajstić information content (AvgIpc) is 0.699. The van der Waals surface area contributed by atoms with Crippen molar-refractivity contribution in [1.29, 1.82) is 0 Å². The zero-order valence-corrected chi connectivity index (χ0v) is 68.5. The minimum Gasteiger partial charge on any atom is -0.476 e. The second kappa shape index (κ2) is 50.2. The van der Waals surface area contributed by atoms with Gasteiger partial charge in [0, 0.05) is 18.4 Å². The number of benzene rings is 3. The first-order valence-corrected chi connectivity index (χ1v) is 42.0. The summed E-state index contributed by atoms with van der Waals surface area (Å²) >= 11 is 37.2. The number of carbonyl (C=O) groups excluding carboxylic acids is 7. The summed E-state index contributed by atoms with van der Waals surface area (Å²) in [5.74, 6) is -4.55. The van der Waals surface area contributed by atoms with E-state index in [1.54, 1.807) is 54.6 Å². The smallest absolute Gasteiger partial charge is 0.476 e. The maximum absolute atomic E-state index is 15.6. The highest BCUT2D eigenvalue weighted by Gasteiger charge is 2.74. The van der Waals surface area contributed by atoms with Crippen LogP contribution in [-0.2, 0) is 83.4 Å². The van der Waals surface area contributed by atoms with Crippen molar-refractivity contribution in [3.63, 3.8) is 0 Å². The first-order chi connectivity index (χ1) is 50.9. The van der Waals surface area contributed by atoms with Gasteiger partial charge in [0.15, 0.2) is 17.7 Å². The van der Waals surface area contributed by atoms with E-state index in [2.05, 4.69) is 24.5 Å². The maximum Gasteiger partial charge on any atom is 0.509 e. The van der Waals surface area contributed by atoms with Crippen LogP contribution in [0.5, 0.6) is 5.75 Å². The molecule has 0 spiro atoms. The fraction of sp³-hybridized carbons (Fsp3) is 0.679. The van der Waals surface area contributed by atoms with Crippen LogP contribution in [0, 0.1) is 0 Å². The van der Waals surface area contributed by atoms with Gasteiger partial charge in [0.25, 0.3) is 5.53 Å². The minimum absolute atomic E-state index is 0.0204. The molecule has 8 atom stereocenters. The lowest BCUT2D eigenvalue weighted by atomic mass is 9.76. The van der Waals surface area contributed by atoms with Crippen molar-refractivity contribution in [2.45, 2.75) is 314 Å². The summed E-state index contributed by atoms with van der Waals surface area (Å²) in [5, 5.41) is 4.96. The molecular formula is C78H115Cl6N2O20P. The van der Waals surface area contributed by atoms with Gasteiger partial charge in [-0.15, -0.1) is 0 Å². The zero-order valence-electron chi connectivity index (χ0n) is 63.0. The molecule has 1 fully saturated rings. The van der Waals surface area contributed by atoms with Gasteiger partial charge in [-0.05, 0) is 70.1 Å². The summed E-state index contributed by atoms with van der Waals surface area (Å²) in [5.41, 5.74) is -8.03. The number of carbonyl (C=O) groups is 7. The second-order valence-electron chi connectivity index (χ2n) is 27.8. The van der Waals surface area contributed by atoms with E-state index in [4.69, 9.17) is 117 Å². The number of hydrogen-bond donors (Lipinski definition) is 4. The average molecular weight is 1640 g/mol. The molecule has 0 radical (unpaired) electrons. The lowest BCUT2D eigenvalue weighted by Gasteiger charge is -2.56. The Morgan fingerprint density at radius 1 is 0.570 bits per heavy atom. The Morgan fingerprint density at radius 3 is 1.50 bits per heavy atom. The Bertz CT molecular complexity index is 3110. The first-order valence-electron chi connectivity index (χ1n) is 38.1. The van der Waals surface area contributed by atoms with Crippen molar-refractivity contribution in [2.24, 2.45) is 0 Å². The third kappa shape index (κ3) is 35.2. The number of alkyl carbamates (subject to hydrolysis) is 1. The molecule has 1 aliphatic rings. The molecule has 3 aromatic rings. The largest absolute Gasteiger partial charge is 0.509 e. The third-order valence-electron chi connectivity index (χ3n) is 18.3. The van der Waals surface area contributed by atoms with Crippen LogP contribution in [0.4, 0.5) is 9.59 Å². The molecule has 29 heteroatoms. The van der Waals surface area contributed by atoms with Crippen LogP contribution in [0.1, 0.15) is 258 Å². The van der Waals surface area contributed by atoms with Crippen LogP contribution in [0.2, 0.25) is 0 Å². The number of nitrogens with one attached hydrogen (secondary N) is 2. The molecule has 0 aliphatic carbocycles. The fourth-order valence-corrected chi connectivity index (χ4v) is 13.6. The summed E-state index contributed by atoms with van der Waals surface area (Å²) < 4.78 is 72.5. The summed E-state index contributed by atoms with van der Waals surface area (Å²) in [7, 11) is -6.50. The van der Waals surface area contributed by atoms with Crippen LogP contribution in [0.25, 0.3) is 0 Å². The lowest BCUT2D eigenvalue weighted by Crippen LogP contribution is -2.77. The molecule has 0 bridgehead atoms. The Hall–Kier alpha value is -4.84. The molecule has 3 aromatic carbocycles. The number of para-hydroxylation sites is 1. The molecule has 604 valence electrons. The van der Waals surface area contributed by atoms with E-state index >= 15 is 9.36 Å². The summed E-state index contributed by atoms with van der Waals surface area (Å²) in [6.07, 6.45) is 12.7. The zero-order chi connectivity index (χ0) is 78.8. The van der Waals surface area contributed by atoms with Crippen LogP contribution in [-0.4, -0.2) is 127 Å². The summed E-state index contributed by atoms with van der Waals surface area (Å²) in [6, 6.07) is 18.8. The van der Waals surface area contributed by atoms with Crippen molar-refractivity contribution in [1.82, 2.24) is 10.6 Å². The highest BCUT2D eigenvalue weighted by atomic mass is 35.6. The van der Waals surface area contributed by atoms with Gasteiger partial charge in [-0.3, -0.25) is 23.7 Å². The van der Waals surface area contributed by atoms with Gasteiger partial charge in [0.1, 0.15) is 49.9 Å². The van der Waals surface area contributed by atoms with E-state index in [0.29, 0.717) is 37.7 Å². The van der Waals surface area contributed by atoms with Crippen molar-refractivity contribution in [3.05, 3.63) is 102 Å². The quantitative estimate of drug-likeness (QED) is 0.0134. The molecule has 1 heterocycles. The highest BCUT2D eigenvalue weighted by Crippen LogP contribution is 2.61. The predicted octanol–water partition coefficient (Wildman–Crippen LogP) is 19.5. The summed E-state index contributed by atoms with van der Waals surface area (Å²) in [4.78, 5) is 126. The van der Waals surface area contributed by atoms with Gasteiger partial charge in [0.2, 0.25) is 19.1 Å². The monoisotopic (exact) mass is 1640 g/mol. The van der Waals surface area contributed by atoms with Crippen LogP contribution in [0.3, 0.4) is 0 Å². The van der Waals surface area contributed by atoms with Gasteiger partial charge < -0.3 is 67.8 Å². The number of hydrogen-bond acceptors (Lipinski definition) is 18. The fourth-order valence-electron chi connectivity index (χ4n) is 12.3. The van der Waals surface area contributed by atoms with Crippen molar-refractivity contribution in [2.75, 3.05) is 19.8 Å². The first kappa shape index (κ1) is 94.5. The van der Waals surface area contributed by atoms with E-state index < -0.39 is 150 Å². The second-order valence-corrected chi connectivity index (χ2v) is 34.3. The normalized spacial score (nSPS) is 18.4. The minimum atomic E-state index is -6.50. The number of rotatable bonds is 53. The molecule has 1 aliphatic heterocycles. The highest BCUT2D eigenvalue weighted by molar-refractivity contribution is 7.53. The molecule has 0 saturated carbocycles. The van der Waals surface area contributed by atoms with E-state index in [-0.39, 0.29) is 37.0 Å². The molecule has 1 saturated heterocycles. The van der Waals surface area contributed by atoms with Crippen LogP contribution < -0.4 is 15.4 Å².